The van der Waals surface area contributed by atoms with E-state index in [-0.39, 0.29) is 24.0 Å². The Bertz CT molecular complexity index is 1010. The molecule has 9 heteroatoms. The van der Waals surface area contributed by atoms with Crippen molar-refractivity contribution in [2.45, 2.75) is 39.0 Å². The molecular formula is C29H42N2O7. The van der Waals surface area contributed by atoms with Gasteiger partial charge in [-0.05, 0) is 49.7 Å². The Hall–Kier alpha value is -3.01. The Morgan fingerprint density at radius 2 is 1.68 bits per heavy atom. The third kappa shape index (κ3) is 7.99. The maximum Gasteiger partial charge on any atom is 0.254 e. The van der Waals surface area contributed by atoms with Crippen LogP contribution >= 0.6 is 0 Å². The summed E-state index contributed by atoms with van der Waals surface area (Å²) in [5.74, 6) is 2.70. The monoisotopic (exact) mass is 530 g/mol. The van der Waals surface area contributed by atoms with Gasteiger partial charge < -0.3 is 38.6 Å². The van der Waals surface area contributed by atoms with Crippen LogP contribution in [0.5, 0.6) is 23.0 Å². The number of amides is 1. The van der Waals surface area contributed by atoms with Gasteiger partial charge in [0, 0.05) is 63.4 Å². The third-order valence-electron chi connectivity index (χ3n) is 6.63. The molecule has 1 saturated heterocycles. The summed E-state index contributed by atoms with van der Waals surface area (Å²) >= 11 is 0. The van der Waals surface area contributed by atoms with Crippen molar-refractivity contribution in [1.29, 1.82) is 0 Å². The van der Waals surface area contributed by atoms with E-state index in [0.717, 1.165) is 36.6 Å². The lowest BCUT2D eigenvalue weighted by Crippen LogP contribution is -2.43. The van der Waals surface area contributed by atoms with Crippen molar-refractivity contribution in [2.24, 2.45) is 5.92 Å². The topological polar surface area (TPSA) is 87.7 Å². The number of nitrogens with zero attached hydrogens (tertiary/aromatic N) is 1. The maximum atomic E-state index is 13.6. The summed E-state index contributed by atoms with van der Waals surface area (Å²) in [4.78, 5) is 15.6. The molecule has 0 saturated carbocycles. The molecule has 0 unspecified atom stereocenters. The molecule has 2 aromatic carbocycles. The second kappa shape index (κ2) is 14.8. The second-order valence-electron chi connectivity index (χ2n) is 9.60. The zero-order valence-electron chi connectivity index (χ0n) is 23.5. The summed E-state index contributed by atoms with van der Waals surface area (Å²) in [6.07, 6.45) is 0.714. The van der Waals surface area contributed by atoms with Crippen molar-refractivity contribution in [3.8, 4) is 23.0 Å². The lowest BCUT2D eigenvalue weighted by molar-refractivity contribution is 0.0128. The van der Waals surface area contributed by atoms with Gasteiger partial charge in [0.1, 0.15) is 11.5 Å². The first-order valence-electron chi connectivity index (χ1n) is 13.0. The van der Waals surface area contributed by atoms with Gasteiger partial charge in [0.05, 0.1) is 40.6 Å². The van der Waals surface area contributed by atoms with E-state index >= 15 is 0 Å². The van der Waals surface area contributed by atoms with E-state index in [4.69, 9.17) is 28.4 Å². The van der Waals surface area contributed by atoms with Crippen molar-refractivity contribution in [2.75, 3.05) is 61.3 Å². The summed E-state index contributed by atoms with van der Waals surface area (Å²) < 4.78 is 33.5. The number of ether oxygens (including phenoxy) is 6. The lowest BCUT2D eigenvalue weighted by atomic mass is 10.0. The Kier molecular flexibility index (Phi) is 11.5. The number of carbonyl (C=O) groups is 1. The van der Waals surface area contributed by atoms with Gasteiger partial charge in [-0.25, -0.2) is 0 Å². The van der Waals surface area contributed by atoms with Gasteiger partial charge >= 0.3 is 0 Å². The molecule has 210 valence electrons. The van der Waals surface area contributed by atoms with E-state index < -0.39 is 0 Å². The van der Waals surface area contributed by atoms with Crippen LogP contribution in [0.4, 0.5) is 0 Å². The molecule has 0 spiro atoms. The van der Waals surface area contributed by atoms with Gasteiger partial charge in [0.15, 0.2) is 11.5 Å². The maximum absolute atomic E-state index is 13.6. The Balaban J connectivity index is 1.68. The van der Waals surface area contributed by atoms with E-state index in [1.807, 2.05) is 36.9 Å². The Morgan fingerprint density at radius 3 is 2.32 bits per heavy atom. The number of carbonyl (C=O) groups excluding carboxylic acids is 1. The molecule has 1 aliphatic rings. The number of hydrogen-bond acceptors (Lipinski definition) is 8. The normalized spacial score (nSPS) is 16.9. The zero-order chi connectivity index (χ0) is 27.5. The highest BCUT2D eigenvalue weighted by atomic mass is 16.5. The van der Waals surface area contributed by atoms with Gasteiger partial charge in [-0.1, -0.05) is 0 Å². The fourth-order valence-corrected chi connectivity index (χ4v) is 4.49. The van der Waals surface area contributed by atoms with Crippen molar-refractivity contribution in [1.82, 2.24) is 10.2 Å². The summed E-state index contributed by atoms with van der Waals surface area (Å²) in [5.41, 5.74) is 1.54. The van der Waals surface area contributed by atoms with Crippen LogP contribution in [0.25, 0.3) is 0 Å². The van der Waals surface area contributed by atoms with Crippen LogP contribution in [0.15, 0.2) is 36.4 Å². The molecule has 1 aliphatic heterocycles. The molecule has 1 N–H and O–H groups in total. The molecule has 38 heavy (non-hydrogen) atoms. The van der Waals surface area contributed by atoms with Crippen molar-refractivity contribution in [3.63, 3.8) is 0 Å². The Morgan fingerprint density at radius 1 is 0.947 bits per heavy atom. The molecule has 1 heterocycles. The molecule has 9 nitrogen and oxygen atoms in total. The van der Waals surface area contributed by atoms with Crippen LogP contribution in [0, 0.1) is 5.92 Å². The van der Waals surface area contributed by atoms with E-state index in [9.17, 15) is 4.79 Å². The molecule has 0 bridgehead atoms. The van der Waals surface area contributed by atoms with Crippen molar-refractivity contribution in [3.05, 3.63) is 47.5 Å². The van der Waals surface area contributed by atoms with Crippen LogP contribution in [-0.4, -0.2) is 84.2 Å². The first-order chi connectivity index (χ1) is 18.4. The number of nitrogens with one attached hydrogen (secondary N) is 1. The number of methoxy groups -OCH3 is 4. The fourth-order valence-electron chi connectivity index (χ4n) is 4.49. The zero-order valence-corrected chi connectivity index (χ0v) is 23.5. The predicted molar refractivity (Wildman–Crippen MR) is 146 cm³/mol. The number of benzene rings is 2. The van der Waals surface area contributed by atoms with Crippen LogP contribution in [0.3, 0.4) is 0 Å². The van der Waals surface area contributed by atoms with Crippen LogP contribution in [0.2, 0.25) is 0 Å². The molecule has 1 fully saturated rings. The van der Waals surface area contributed by atoms with Crippen molar-refractivity contribution >= 4 is 5.91 Å². The summed E-state index contributed by atoms with van der Waals surface area (Å²) in [7, 11) is 6.51. The minimum Gasteiger partial charge on any atom is -0.497 e. The van der Waals surface area contributed by atoms with E-state index in [1.54, 1.807) is 46.6 Å². The minimum absolute atomic E-state index is 0.0135. The highest BCUT2D eigenvalue weighted by Crippen LogP contribution is 2.30. The SMILES string of the molecule is COCCCOc1cc(C(=O)N(C[C@@H]2CNC[C@@H]2OCc2cc(OC)cc(OC)c2)C(C)C)ccc1OC. The molecule has 1 amide bonds. The predicted octanol–water partition coefficient (Wildman–Crippen LogP) is 3.78. The summed E-state index contributed by atoms with van der Waals surface area (Å²) in [6.45, 7) is 7.65. The van der Waals surface area contributed by atoms with Gasteiger partial charge in [-0.2, -0.15) is 0 Å². The van der Waals surface area contributed by atoms with Gasteiger partial charge in [0.2, 0.25) is 0 Å². The number of hydrogen-bond donors (Lipinski definition) is 1. The van der Waals surface area contributed by atoms with E-state index in [2.05, 4.69) is 5.32 Å². The molecule has 0 aliphatic carbocycles. The molecule has 0 aromatic heterocycles. The highest BCUT2D eigenvalue weighted by Gasteiger charge is 2.32. The van der Waals surface area contributed by atoms with Crippen LogP contribution in [-0.2, 0) is 16.1 Å². The average molecular weight is 531 g/mol. The van der Waals surface area contributed by atoms with Gasteiger partial charge in [-0.15, -0.1) is 0 Å². The van der Waals surface area contributed by atoms with Gasteiger partial charge in [0.25, 0.3) is 5.91 Å². The first-order valence-corrected chi connectivity index (χ1v) is 13.0. The number of rotatable bonds is 15. The smallest absolute Gasteiger partial charge is 0.254 e. The molecule has 0 radical (unpaired) electrons. The molecule has 2 aromatic rings. The standard InChI is InChI=1S/C29H42N2O7/c1-20(2)31(29(32)22-8-9-26(36-6)27(14-22)37-11-7-10-33-3)18-23-16-30-17-28(23)38-19-21-12-24(34-4)15-25(13-21)35-5/h8-9,12-15,20,23,28,30H,7,10-11,16-19H2,1-6H3/t23-,28-/m0/s1. The molecule has 2 atom stereocenters. The van der Waals surface area contributed by atoms with E-state index in [0.29, 0.717) is 43.4 Å². The van der Waals surface area contributed by atoms with Crippen LogP contribution in [0.1, 0.15) is 36.2 Å². The van der Waals surface area contributed by atoms with E-state index in [1.165, 1.54) is 0 Å². The molecular weight excluding hydrogens is 488 g/mol. The Labute approximate surface area is 226 Å². The summed E-state index contributed by atoms with van der Waals surface area (Å²) in [5, 5.41) is 3.43. The highest BCUT2D eigenvalue weighted by molar-refractivity contribution is 5.95. The van der Waals surface area contributed by atoms with Crippen LogP contribution < -0.4 is 24.3 Å². The largest absolute Gasteiger partial charge is 0.497 e. The minimum atomic E-state index is -0.0485. The fraction of sp³-hybridized carbons (Fsp3) is 0.552. The van der Waals surface area contributed by atoms with Crippen molar-refractivity contribution < 1.29 is 33.2 Å². The first kappa shape index (κ1) is 29.5. The average Bonchev–Trinajstić information content (AvgIpc) is 3.39. The quantitative estimate of drug-likeness (QED) is 0.348. The van der Waals surface area contributed by atoms with Gasteiger partial charge in [-0.3, -0.25) is 4.79 Å². The lowest BCUT2D eigenvalue weighted by Gasteiger charge is -2.31. The summed E-state index contributed by atoms with van der Waals surface area (Å²) in [6, 6.07) is 11.1. The molecule has 3 rings (SSSR count). The third-order valence-corrected chi connectivity index (χ3v) is 6.63. The second-order valence-corrected chi connectivity index (χ2v) is 9.60.